The summed E-state index contributed by atoms with van der Waals surface area (Å²) < 4.78 is 0. The Bertz CT molecular complexity index is 448. The van der Waals surface area contributed by atoms with Crippen molar-refractivity contribution in [1.82, 2.24) is 5.32 Å². The standard InChI is InChI=1S/C15H18N2/c1-16-12-13-8-10-15(11-9-13)17(2)14-6-4-3-5-7-14/h3-11,16H,12H2,1-2H3. The van der Waals surface area contributed by atoms with E-state index in [0.29, 0.717) is 0 Å². The monoisotopic (exact) mass is 226 g/mol. The summed E-state index contributed by atoms with van der Waals surface area (Å²) in [6, 6.07) is 19.0. The highest BCUT2D eigenvalue weighted by Gasteiger charge is 2.02. The number of anilines is 2. The van der Waals surface area contributed by atoms with Crippen LogP contribution in [0.3, 0.4) is 0 Å². The average Bonchev–Trinajstić information content (AvgIpc) is 2.40. The zero-order valence-corrected chi connectivity index (χ0v) is 10.4. The van der Waals surface area contributed by atoms with Crippen molar-refractivity contribution in [3.8, 4) is 0 Å². The van der Waals surface area contributed by atoms with Crippen LogP contribution < -0.4 is 10.2 Å². The van der Waals surface area contributed by atoms with Gasteiger partial charge in [0, 0.05) is 25.0 Å². The van der Waals surface area contributed by atoms with E-state index in [4.69, 9.17) is 0 Å². The summed E-state index contributed by atoms with van der Waals surface area (Å²) >= 11 is 0. The molecule has 0 heterocycles. The van der Waals surface area contributed by atoms with E-state index < -0.39 is 0 Å². The van der Waals surface area contributed by atoms with Gasteiger partial charge in [-0.1, -0.05) is 30.3 Å². The molecule has 0 fully saturated rings. The molecule has 2 rings (SSSR count). The summed E-state index contributed by atoms with van der Waals surface area (Å²) in [7, 11) is 4.05. The van der Waals surface area contributed by atoms with Gasteiger partial charge in [0.25, 0.3) is 0 Å². The van der Waals surface area contributed by atoms with Crippen LogP contribution in [0.15, 0.2) is 54.6 Å². The molecule has 88 valence electrons. The second-order valence-corrected chi connectivity index (χ2v) is 4.09. The summed E-state index contributed by atoms with van der Waals surface area (Å²) in [6.07, 6.45) is 0. The summed E-state index contributed by atoms with van der Waals surface area (Å²) in [5.74, 6) is 0. The summed E-state index contributed by atoms with van der Waals surface area (Å²) in [5.41, 5.74) is 3.71. The predicted molar refractivity (Wildman–Crippen MR) is 73.7 cm³/mol. The van der Waals surface area contributed by atoms with E-state index in [1.54, 1.807) is 0 Å². The SMILES string of the molecule is CNCc1ccc(N(C)c2ccccc2)cc1. The fraction of sp³-hybridized carbons (Fsp3) is 0.200. The van der Waals surface area contributed by atoms with Gasteiger partial charge in [0.1, 0.15) is 0 Å². The van der Waals surface area contributed by atoms with E-state index in [2.05, 4.69) is 65.8 Å². The molecule has 0 atom stereocenters. The average molecular weight is 226 g/mol. The van der Waals surface area contributed by atoms with E-state index in [1.807, 2.05) is 13.1 Å². The molecule has 2 aromatic rings. The molecule has 2 nitrogen and oxygen atoms in total. The van der Waals surface area contributed by atoms with Crippen LogP contribution >= 0.6 is 0 Å². The van der Waals surface area contributed by atoms with Gasteiger partial charge in [-0.2, -0.15) is 0 Å². The molecule has 0 amide bonds. The molecule has 0 spiro atoms. The number of hydrogen-bond donors (Lipinski definition) is 1. The zero-order chi connectivity index (χ0) is 12.1. The van der Waals surface area contributed by atoms with Crippen LogP contribution in [0, 0.1) is 0 Å². The first-order valence-corrected chi connectivity index (χ1v) is 5.83. The normalized spacial score (nSPS) is 10.2. The highest BCUT2D eigenvalue weighted by molar-refractivity contribution is 5.62. The zero-order valence-electron chi connectivity index (χ0n) is 10.4. The van der Waals surface area contributed by atoms with Gasteiger partial charge in [-0.25, -0.2) is 0 Å². The van der Waals surface area contributed by atoms with Crippen LogP contribution in [-0.2, 0) is 6.54 Å². The molecule has 0 aliphatic heterocycles. The van der Waals surface area contributed by atoms with Crippen LogP contribution in [0.1, 0.15) is 5.56 Å². The molecule has 2 heteroatoms. The summed E-state index contributed by atoms with van der Waals surface area (Å²) in [6.45, 7) is 0.912. The highest BCUT2D eigenvalue weighted by Crippen LogP contribution is 2.23. The number of rotatable bonds is 4. The second-order valence-electron chi connectivity index (χ2n) is 4.09. The Morgan fingerprint density at radius 2 is 1.47 bits per heavy atom. The minimum atomic E-state index is 0.912. The maximum Gasteiger partial charge on any atom is 0.0408 e. The van der Waals surface area contributed by atoms with Crippen molar-refractivity contribution in [3.05, 3.63) is 60.2 Å². The lowest BCUT2D eigenvalue weighted by Crippen LogP contribution is -2.09. The minimum Gasteiger partial charge on any atom is -0.345 e. The van der Waals surface area contributed by atoms with Crippen molar-refractivity contribution in [2.24, 2.45) is 0 Å². The van der Waals surface area contributed by atoms with E-state index >= 15 is 0 Å². The lowest BCUT2D eigenvalue weighted by Gasteiger charge is -2.19. The fourth-order valence-electron chi connectivity index (χ4n) is 1.84. The molecule has 2 aromatic carbocycles. The quantitative estimate of drug-likeness (QED) is 0.861. The number of nitrogens with zero attached hydrogens (tertiary/aromatic N) is 1. The van der Waals surface area contributed by atoms with Crippen LogP contribution in [-0.4, -0.2) is 14.1 Å². The van der Waals surface area contributed by atoms with Crippen molar-refractivity contribution in [1.29, 1.82) is 0 Å². The number of benzene rings is 2. The van der Waals surface area contributed by atoms with Gasteiger partial charge in [-0.15, -0.1) is 0 Å². The largest absolute Gasteiger partial charge is 0.345 e. The van der Waals surface area contributed by atoms with Crippen molar-refractivity contribution in [2.45, 2.75) is 6.54 Å². The summed E-state index contributed by atoms with van der Waals surface area (Å²) in [4.78, 5) is 2.18. The lowest BCUT2D eigenvalue weighted by molar-refractivity contribution is 0.818. The Balaban J connectivity index is 2.17. The van der Waals surface area contributed by atoms with Gasteiger partial charge in [0.15, 0.2) is 0 Å². The van der Waals surface area contributed by atoms with Gasteiger partial charge in [-0.05, 0) is 36.9 Å². The van der Waals surface area contributed by atoms with Crippen LogP contribution in [0.5, 0.6) is 0 Å². The van der Waals surface area contributed by atoms with Crippen molar-refractivity contribution in [3.63, 3.8) is 0 Å². The van der Waals surface area contributed by atoms with E-state index in [0.717, 1.165) is 6.54 Å². The third kappa shape index (κ3) is 2.86. The fourth-order valence-corrected chi connectivity index (χ4v) is 1.84. The molecule has 0 saturated carbocycles. The van der Waals surface area contributed by atoms with Gasteiger partial charge in [0.2, 0.25) is 0 Å². The predicted octanol–water partition coefficient (Wildman–Crippen LogP) is 3.17. The molecule has 0 radical (unpaired) electrons. The summed E-state index contributed by atoms with van der Waals surface area (Å²) in [5, 5.41) is 3.15. The molecule has 0 aliphatic carbocycles. The Kier molecular flexibility index (Phi) is 3.78. The molecule has 0 unspecified atom stereocenters. The first kappa shape index (κ1) is 11.7. The molecule has 0 aromatic heterocycles. The lowest BCUT2D eigenvalue weighted by atomic mass is 10.2. The van der Waals surface area contributed by atoms with E-state index in [9.17, 15) is 0 Å². The topological polar surface area (TPSA) is 15.3 Å². The van der Waals surface area contributed by atoms with Crippen LogP contribution in [0.2, 0.25) is 0 Å². The minimum absolute atomic E-state index is 0.912. The highest BCUT2D eigenvalue weighted by atomic mass is 15.1. The second kappa shape index (κ2) is 5.51. The maximum atomic E-state index is 3.15. The number of para-hydroxylation sites is 1. The smallest absolute Gasteiger partial charge is 0.0408 e. The third-order valence-corrected chi connectivity index (χ3v) is 2.85. The Labute approximate surface area is 103 Å². The van der Waals surface area contributed by atoms with Gasteiger partial charge < -0.3 is 10.2 Å². The molecule has 17 heavy (non-hydrogen) atoms. The number of hydrogen-bond acceptors (Lipinski definition) is 2. The van der Waals surface area contributed by atoms with E-state index in [-0.39, 0.29) is 0 Å². The van der Waals surface area contributed by atoms with Gasteiger partial charge in [0.05, 0.1) is 0 Å². The van der Waals surface area contributed by atoms with Gasteiger partial charge >= 0.3 is 0 Å². The molecular weight excluding hydrogens is 208 g/mol. The molecule has 0 saturated heterocycles. The van der Waals surface area contributed by atoms with Crippen LogP contribution in [0.4, 0.5) is 11.4 Å². The third-order valence-electron chi connectivity index (χ3n) is 2.85. The maximum absolute atomic E-state index is 3.15. The van der Waals surface area contributed by atoms with Crippen molar-refractivity contribution >= 4 is 11.4 Å². The number of nitrogens with one attached hydrogen (secondary N) is 1. The first-order valence-electron chi connectivity index (χ1n) is 5.83. The molecular formula is C15H18N2. The van der Waals surface area contributed by atoms with Gasteiger partial charge in [-0.3, -0.25) is 0 Å². The molecule has 1 N–H and O–H groups in total. The Morgan fingerprint density at radius 3 is 2.06 bits per heavy atom. The first-order chi connectivity index (χ1) is 8.31. The Hall–Kier alpha value is -1.80. The Morgan fingerprint density at radius 1 is 0.882 bits per heavy atom. The van der Waals surface area contributed by atoms with Crippen molar-refractivity contribution in [2.75, 3.05) is 19.0 Å². The molecule has 0 bridgehead atoms. The molecule has 0 aliphatic rings. The van der Waals surface area contributed by atoms with Crippen molar-refractivity contribution < 1.29 is 0 Å². The van der Waals surface area contributed by atoms with Crippen LogP contribution in [0.25, 0.3) is 0 Å². The van der Waals surface area contributed by atoms with E-state index in [1.165, 1.54) is 16.9 Å².